The van der Waals surface area contributed by atoms with Crippen molar-refractivity contribution in [3.8, 4) is 0 Å². The molecule has 0 rings (SSSR count). The summed E-state index contributed by atoms with van der Waals surface area (Å²) in [6.07, 6.45) is -2.69. The average molecular weight is 200 g/mol. The lowest BCUT2D eigenvalue weighted by Crippen LogP contribution is -2.52. The highest BCUT2D eigenvalue weighted by Crippen LogP contribution is 2.19. The zero-order valence-corrected chi connectivity index (χ0v) is 6.82. The summed E-state index contributed by atoms with van der Waals surface area (Å²) in [5.74, 6) is -2.04. The maximum absolute atomic E-state index is 10.4. The molecule has 0 aromatic rings. The van der Waals surface area contributed by atoms with E-state index in [1.807, 2.05) is 0 Å². The third-order valence-electron chi connectivity index (χ3n) is 1.45. The highest BCUT2D eigenvalue weighted by atomic mass is 32.2. The summed E-state index contributed by atoms with van der Waals surface area (Å²) in [7, 11) is -5.06. The topological polar surface area (TPSA) is 132 Å². The molecule has 0 aromatic carbocycles. The summed E-state index contributed by atoms with van der Waals surface area (Å²) >= 11 is 0. The molecule has 12 heavy (non-hydrogen) atoms. The maximum Gasteiger partial charge on any atom is 0.332 e. The predicted octanol–water partition coefficient (Wildman–Crippen LogP) is -1.97. The fourth-order valence-electron chi connectivity index (χ4n) is 0.354. The molecule has 0 spiro atoms. The lowest BCUT2D eigenvalue weighted by molar-refractivity contribution is -0.152. The molecule has 7 nitrogen and oxygen atoms in total. The molecule has 0 heterocycles. The number of carboxylic acid groups (broad SMARTS) is 1. The van der Waals surface area contributed by atoms with Gasteiger partial charge >= 0.3 is 5.97 Å². The number of carbonyl (C=O) groups is 1. The van der Waals surface area contributed by atoms with Gasteiger partial charge in [-0.05, 0) is 6.92 Å². The minimum Gasteiger partial charge on any atom is -0.480 e. The van der Waals surface area contributed by atoms with Gasteiger partial charge in [-0.25, -0.2) is 0 Å². The van der Waals surface area contributed by atoms with Crippen LogP contribution in [0.4, 0.5) is 0 Å². The largest absolute Gasteiger partial charge is 0.480 e. The van der Waals surface area contributed by atoms with Crippen molar-refractivity contribution in [1.29, 1.82) is 0 Å². The second-order valence-electron chi connectivity index (χ2n) is 2.26. The van der Waals surface area contributed by atoms with E-state index >= 15 is 0 Å². The number of aliphatic hydroxyl groups excluding tert-OH is 1. The van der Waals surface area contributed by atoms with E-state index in [0.717, 1.165) is 0 Å². The molecule has 8 heteroatoms. The van der Waals surface area contributed by atoms with Crippen LogP contribution >= 0.6 is 0 Å². The normalized spacial score (nSPS) is 17.4. The molecule has 0 aliphatic carbocycles. The van der Waals surface area contributed by atoms with E-state index < -0.39 is 27.1 Å². The zero-order chi connectivity index (χ0) is 10.2. The molecule has 0 saturated carbocycles. The van der Waals surface area contributed by atoms with Crippen molar-refractivity contribution >= 4 is 16.1 Å². The standard InChI is InChI=1S/C4H8O7S/c1-4(2(5)6,3(7)8)12(9,10)11/h2,5-6H,1H3,(H,7,8)(H,9,10,11). The van der Waals surface area contributed by atoms with Gasteiger partial charge in [-0.15, -0.1) is 0 Å². The van der Waals surface area contributed by atoms with Gasteiger partial charge in [0.15, 0.2) is 6.29 Å². The molecule has 1 unspecified atom stereocenters. The van der Waals surface area contributed by atoms with Gasteiger partial charge in [0.05, 0.1) is 0 Å². The molecule has 0 bridgehead atoms. The number of aliphatic carboxylic acids is 1. The molecular weight excluding hydrogens is 192 g/mol. The van der Waals surface area contributed by atoms with Crippen LogP contribution in [0.3, 0.4) is 0 Å². The molecule has 0 saturated heterocycles. The molecule has 4 N–H and O–H groups in total. The van der Waals surface area contributed by atoms with Crippen molar-refractivity contribution in [3.05, 3.63) is 0 Å². The minimum atomic E-state index is -5.06. The van der Waals surface area contributed by atoms with Gasteiger partial charge in [-0.3, -0.25) is 9.35 Å². The molecule has 0 radical (unpaired) electrons. The molecule has 1 atom stereocenters. The van der Waals surface area contributed by atoms with E-state index in [0.29, 0.717) is 6.92 Å². The third-order valence-corrected chi connectivity index (χ3v) is 2.91. The van der Waals surface area contributed by atoms with Gasteiger partial charge in [-0.2, -0.15) is 8.42 Å². The summed E-state index contributed by atoms with van der Waals surface area (Å²) in [4.78, 5) is 10.3. The Hall–Kier alpha value is -0.700. The van der Waals surface area contributed by atoms with Gasteiger partial charge in [0, 0.05) is 0 Å². The van der Waals surface area contributed by atoms with E-state index in [9.17, 15) is 13.2 Å². The van der Waals surface area contributed by atoms with Crippen molar-refractivity contribution in [1.82, 2.24) is 0 Å². The first-order valence-corrected chi connectivity index (χ1v) is 4.14. The highest BCUT2D eigenvalue weighted by Gasteiger charge is 2.52. The summed E-state index contributed by atoms with van der Waals surface area (Å²) in [5, 5.41) is 25.1. The second kappa shape index (κ2) is 2.98. The van der Waals surface area contributed by atoms with Crippen LogP contribution in [0.2, 0.25) is 0 Å². The summed E-state index contributed by atoms with van der Waals surface area (Å²) in [6, 6.07) is 0. The quantitative estimate of drug-likeness (QED) is 0.306. The Balaban J connectivity index is 5.33. The zero-order valence-electron chi connectivity index (χ0n) is 6.00. The van der Waals surface area contributed by atoms with Gasteiger partial charge in [0.25, 0.3) is 10.1 Å². The van der Waals surface area contributed by atoms with Crippen LogP contribution in [0, 0.1) is 0 Å². The Morgan fingerprint density at radius 3 is 1.75 bits per heavy atom. The van der Waals surface area contributed by atoms with Gasteiger partial charge in [-0.1, -0.05) is 0 Å². The van der Waals surface area contributed by atoms with Gasteiger partial charge in [0.1, 0.15) is 0 Å². The Morgan fingerprint density at radius 2 is 1.75 bits per heavy atom. The first kappa shape index (κ1) is 11.3. The number of aliphatic hydroxyl groups is 2. The van der Waals surface area contributed by atoms with E-state index in [-0.39, 0.29) is 0 Å². The van der Waals surface area contributed by atoms with Crippen LogP contribution in [-0.2, 0) is 14.9 Å². The maximum atomic E-state index is 10.4. The van der Waals surface area contributed by atoms with Crippen molar-refractivity contribution < 1.29 is 33.1 Å². The van der Waals surface area contributed by atoms with E-state index in [2.05, 4.69) is 0 Å². The Labute approximate surface area is 68.0 Å². The minimum absolute atomic E-state index is 0.481. The molecule has 0 aliphatic rings. The van der Waals surface area contributed by atoms with Crippen LogP contribution < -0.4 is 0 Å². The smallest absolute Gasteiger partial charge is 0.332 e. The van der Waals surface area contributed by atoms with Crippen LogP contribution in [0.15, 0.2) is 0 Å². The molecule has 0 aromatic heterocycles. The van der Waals surface area contributed by atoms with E-state index in [4.69, 9.17) is 19.9 Å². The van der Waals surface area contributed by atoms with Crippen molar-refractivity contribution in [2.75, 3.05) is 0 Å². The van der Waals surface area contributed by atoms with Crippen molar-refractivity contribution in [2.45, 2.75) is 18.0 Å². The fourth-order valence-corrected chi connectivity index (χ4v) is 0.841. The molecule has 72 valence electrons. The van der Waals surface area contributed by atoms with E-state index in [1.54, 1.807) is 0 Å². The number of hydrogen-bond acceptors (Lipinski definition) is 5. The Bertz CT molecular complexity index is 278. The van der Waals surface area contributed by atoms with E-state index in [1.165, 1.54) is 0 Å². The lowest BCUT2D eigenvalue weighted by atomic mass is 10.1. The van der Waals surface area contributed by atoms with Crippen molar-refractivity contribution in [3.63, 3.8) is 0 Å². The van der Waals surface area contributed by atoms with Gasteiger partial charge in [0.2, 0.25) is 4.75 Å². The molecule has 0 amide bonds. The molecular formula is C4H8O7S. The predicted molar refractivity (Wildman–Crippen MR) is 35.8 cm³/mol. The average Bonchev–Trinajstić information content (AvgIpc) is 1.82. The molecule has 0 aliphatic heterocycles. The van der Waals surface area contributed by atoms with Crippen LogP contribution in [-0.4, -0.2) is 45.3 Å². The van der Waals surface area contributed by atoms with Crippen molar-refractivity contribution in [2.24, 2.45) is 0 Å². The Kier molecular flexibility index (Phi) is 2.80. The summed E-state index contributed by atoms with van der Waals surface area (Å²) in [5.41, 5.74) is 0. The SMILES string of the molecule is CC(C(=O)O)(C(O)O)S(=O)(=O)O. The lowest BCUT2D eigenvalue weighted by Gasteiger charge is -2.22. The fraction of sp³-hybridized carbons (Fsp3) is 0.750. The second-order valence-corrected chi connectivity index (χ2v) is 4.06. The monoisotopic (exact) mass is 200 g/mol. The van der Waals surface area contributed by atoms with Crippen LogP contribution in [0.25, 0.3) is 0 Å². The highest BCUT2D eigenvalue weighted by molar-refractivity contribution is 7.88. The van der Waals surface area contributed by atoms with Crippen LogP contribution in [0.5, 0.6) is 0 Å². The number of hydrogen-bond donors (Lipinski definition) is 4. The number of rotatable bonds is 3. The summed E-state index contributed by atoms with van der Waals surface area (Å²) < 4.78 is 26.1. The summed E-state index contributed by atoms with van der Waals surface area (Å²) in [6.45, 7) is 0.481. The third kappa shape index (κ3) is 1.55. The molecule has 0 fully saturated rings. The Morgan fingerprint density at radius 1 is 1.42 bits per heavy atom. The number of carboxylic acids is 1. The van der Waals surface area contributed by atoms with Crippen LogP contribution in [0.1, 0.15) is 6.92 Å². The first-order valence-electron chi connectivity index (χ1n) is 2.70. The van der Waals surface area contributed by atoms with Gasteiger partial charge < -0.3 is 15.3 Å². The first-order chi connectivity index (χ1) is 5.14.